The predicted molar refractivity (Wildman–Crippen MR) is 150 cm³/mol. The van der Waals surface area contributed by atoms with E-state index in [2.05, 4.69) is 52.0 Å². The lowest BCUT2D eigenvalue weighted by Gasteiger charge is -2.53. The number of aromatic amines is 1. The molecule has 0 radical (unpaired) electrons. The number of hydrogen-bond donors (Lipinski definition) is 3. The van der Waals surface area contributed by atoms with Crippen LogP contribution in [-0.4, -0.2) is 51.9 Å². The van der Waals surface area contributed by atoms with Crippen molar-refractivity contribution in [3.8, 4) is 0 Å². The fourth-order valence-corrected chi connectivity index (χ4v) is 6.94. The molecule has 0 bridgehead atoms. The lowest BCUT2D eigenvalue weighted by molar-refractivity contribution is -0.355. The van der Waals surface area contributed by atoms with Crippen LogP contribution in [-0.2, 0) is 15.9 Å². The van der Waals surface area contributed by atoms with Gasteiger partial charge < -0.3 is 29.3 Å². The number of ether oxygens (including phenoxy) is 2. The summed E-state index contributed by atoms with van der Waals surface area (Å²) in [5.41, 5.74) is 1.80. The fourth-order valence-electron chi connectivity index (χ4n) is 6.34. The van der Waals surface area contributed by atoms with Gasteiger partial charge in [-0.1, -0.05) is 27.7 Å². The Morgan fingerprint density at radius 2 is 2.05 bits per heavy atom. The molecule has 2 aliphatic heterocycles. The van der Waals surface area contributed by atoms with Crippen molar-refractivity contribution >= 4 is 44.5 Å². The zero-order chi connectivity index (χ0) is 28.1. The number of H-pyrrole nitrogens is 1. The van der Waals surface area contributed by atoms with Crippen molar-refractivity contribution in [2.75, 3.05) is 12.4 Å². The quantitative estimate of drug-likeness (QED) is 0.269. The van der Waals surface area contributed by atoms with Crippen molar-refractivity contribution in [3.63, 3.8) is 0 Å². The molecule has 1 spiro atoms. The number of ketones is 1. The Bertz CT molecular complexity index is 1370. The third-order valence-electron chi connectivity index (χ3n) is 8.60. The zero-order valence-corrected chi connectivity index (χ0v) is 24.5. The number of hydrogen-bond acceptors (Lipinski definition) is 7. The predicted octanol–water partition coefficient (Wildman–Crippen LogP) is 6.29. The molecule has 2 aliphatic rings. The van der Waals surface area contributed by atoms with E-state index in [0.29, 0.717) is 39.3 Å². The molecule has 39 heavy (non-hydrogen) atoms. The second-order valence-corrected chi connectivity index (χ2v) is 12.1. The summed E-state index contributed by atoms with van der Waals surface area (Å²) >= 11 is 3.43. The highest BCUT2D eigenvalue weighted by Gasteiger charge is 2.52. The second kappa shape index (κ2) is 10.7. The van der Waals surface area contributed by atoms with Crippen LogP contribution in [0, 0.1) is 23.7 Å². The third kappa shape index (κ3) is 5.02. The van der Waals surface area contributed by atoms with Gasteiger partial charge in [0.2, 0.25) is 0 Å². The van der Waals surface area contributed by atoms with E-state index in [4.69, 9.17) is 13.9 Å². The van der Waals surface area contributed by atoms with Crippen LogP contribution in [0.1, 0.15) is 73.7 Å². The normalized spacial score (nSPS) is 29.9. The molecule has 3 aromatic rings. The van der Waals surface area contributed by atoms with Crippen molar-refractivity contribution in [2.24, 2.45) is 23.7 Å². The molecular formula is C29H36BrN3O6. The largest absolute Gasteiger partial charge is 0.478 e. The average Bonchev–Trinajstić information content (AvgIpc) is 3.56. The first kappa shape index (κ1) is 27.9. The lowest BCUT2D eigenvalue weighted by Crippen LogP contribution is -2.58. The molecule has 1 aromatic carbocycles. The summed E-state index contributed by atoms with van der Waals surface area (Å²) in [6.45, 7) is 8.38. The zero-order valence-electron chi connectivity index (χ0n) is 22.9. The van der Waals surface area contributed by atoms with Gasteiger partial charge in [-0.25, -0.2) is 9.78 Å². The smallest absolute Gasteiger partial charge is 0.340 e. The van der Waals surface area contributed by atoms with Crippen LogP contribution in [0.4, 0.5) is 5.69 Å². The number of carboxylic acid groups (broad SMARTS) is 1. The summed E-state index contributed by atoms with van der Waals surface area (Å²) in [7, 11) is 1.67. The maximum atomic E-state index is 13.2. The Balaban J connectivity index is 1.40. The van der Waals surface area contributed by atoms with E-state index in [-0.39, 0.29) is 47.2 Å². The van der Waals surface area contributed by atoms with Crippen molar-refractivity contribution in [1.29, 1.82) is 0 Å². The van der Waals surface area contributed by atoms with Gasteiger partial charge in [-0.2, -0.15) is 0 Å². The standard InChI is InChI=1S/C29H36BrN3O6/c1-14-8-9-29(16(3)11-15(2)27(39-29)17(4)26(34)19-7-6-10-32-19)38-20(14)13-22-33-25-21(37-22)12-18(30)24(31-5)23(25)28(35)36/h6-7,10,12,14-17,20,27,31-32H,8-9,11,13H2,1-5H3,(H,35,36)/t14?,15?,16?,17?,20?,27?,29-/m0/s1. The first-order valence-corrected chi connectivity index (χ1v) is 14.4. The van der Waals surface area contributed by atoms with Crippen LogP contribution >= 0.6 is 15.9 Å². The molecule has 2 saturated heterocycles. The van der Waals surface area contributed by atoms with Gasteiger partial charge in [0, 0.05) is 36.0 Å². The molecule has 7 atom stereocenters. The number of nitrogens with one attached hydrogen (secondary N) is 2. The average molecular weight is 603 g/mol. The minimum absolute atomic E-state index is 0.0371. The summed E-state index contributed by atoms with van der Waals surface area (Å²) in [6, 6.07) is 5.36. The van der Waals surface area contributed by atoms with Gasteiger partial charge in [-0.05, 0) is 58.8 Å². The molecule has 6 unspecified atom stereocenters. The minimum Gasteiger partial charge on any atom is -0.478 e. The molecule has 0 saturated carbocycles. The van der Waals surface area contributed by atoms with Gasteiger partial charge in [0.15, 0.2) is 23.0 Å². The maximum absolute atomic E-state index is 13.2. The highest BCUT2D eigenvalue weighted by molar-refractivity contribution is 9.10. The molecule has 2 aromatic heterocycles. The maximum Gasteiger partial charge on any atom is 0.340 e. The number of carboxylic acids is 1. The number of rotatable bonds is 7. The monoisotopic (exact) mass is 601 g/mol. The number of aromatic nitrogens is 2. The van der Waals surface area contributed by atoms with Crippen LogP contribution in [0.25, 0.3) is 11.1 Å². The molecule has 9 nitrogen and oxygen atoms in total. The van der Waals surface area contributed by atoms with Crippen LogP contribution in [0.2, 0.25) is 0 Å². The first-order valence-electron chi connectivity index (χ1n) is 13.6. The number of anilines is 1. The van der Waals surface area contributed by atoms with Crippen molar-refractivity contribution in [1.82, 2.24) is 9.97 Å². The molecule has 210 valence electrons. The number of carbonyl (C=O) groups excluding carboxylic acids is 1. The topological polar surface area (TPSA) is 127 Å². The van der Waals surface area contributed by atoms with Crippen LogP contribution in [0.5, 0.6) is 0 Å². The Morgan fingerprint density at radius 1 is 1.28 bits per heavy atom. The number of Topliss-reactive ketones (excluding diaryl/α,β-unsaturated/α-hetero) is 1. The van der Waals surface area contributed by atoms with Gasteiger partial charge in [-0.15, -0.1) is 0 Å². The summed E-state index contributed by atoms with van der Waals surface area (Å²) in [5, 5.41) is 12.8. The van der Waals surface area contributed by atoms with Crippen LogP contribution in [0.3, 0.4) is 0 Å². The van der Waals surface area contributed by atoms with Gasteiger partial charge in [0.1, 0.15) is 11.1 Å². The summed E-state index contributed by atoms with van der Waals surface area (Å²) in [5.74, 6) is -1.19. The summed E-state index contributed by atoms with van der Waals surface area (Å²) in [4.78, 5) is 32.9. The van der Waals surface area contributed by atoms with E-state index < -0.39 is 11.8 Å². The van der Waals surface area contributed by atoms with E-state index in [1.165, 1.54) is 0 Å². The van der Waals surface area contributed by atoms with E-state index >= 15 is 0 Å². The van der Waals surface area contributed by atoms with E-state index in [1.807, 2.05) is 13.0 Å². The van der Waals surface area contributed by atoms with Crippen molar-refractivity contribution in [2.45, 2.75) is 71.4 Å². The van der Waals surface area contributed by atoms with Gasteiger partial charge in [0.05, 0.1) is 30.0 Å². The Kier molecular flexibility index (Phi) is 7.65. The number of benzene rings is 1. The van der Waals surface area contributed by atoms with Crippen molar-refractivity contribution < 1.29 is 28.6 Å². The third-order valence-corrected chi connectivity index (χ3v) is 9.22. The first-order chi connectivity index (χ1) is 18.5. The molecule has 2 fully saturated rings. The molecule has 3 N–H and O–H groups in total. The number of oxazole rings is 1. The number of nitrogens with zero attached hydrogens (tertiary/aromatic N) is 1. The molecule has 5 rings (SSSR count). The van der Waals surface area contributed by atoms with Crippen LogP contribution < -0.4 is 5.32 Å². The van der Waals surface area contributed by atoms with E-state index in [0.717, 1.165) is 19.3 Å². The Hall–Kier alpha value is -2.69. The molecule has 0 aliphatic carbocycles. The summed E-state index contributed by atoms with van der Waals surface area (Å²) < 4.78 is 20.2. The van der Waals surface area contributed by atoms with E-state index in [1.54, 1.807) is 25.4 Å². The highest BCUT2D eigenvalue weighted by Crippen LogP contribution is 2.48. The number of aromatic carboxylic acids is 1. The number of halogens is 1. The molecule has 0 amide bonds. The number of fused-ring (bicyclic) bond motifs is 1. The SMILES string of the molecule is CNc1c(Br)cc2oc(CC3O[C@@]4(CCC3C)OC(C(C)C(=O)c3ccc[nH]3)C(C)CC4C)nc2c1C(=O)O. The Labute approximate surface area is 236 Å². The van der Waals surface area contributed by atoms with Gasteiger partial charge >= 0.3 is 5.97 Å². The van der Waals surface area contributed by atoms with Gasteiger partial charge in [0.25, 0.3) is 0 Å². The summed E-state index contributed by atoms with van der Waals surface area (Å²) in [6.07, 6.45) is 4.16. The molecular weight excluding hydrogens is 566 g/mol. The minimum atomic E-state index is -1.08. The lowest BCUT2D eigenvalue weighted by atomic mass is 9.75. The van der Waals surface area contributed by atoms with Crippen LogP contribution in [0.15, 0.2) is 33.3 Å². The van der Waals surface area contributed by atoms with E-state index in [9.17, 15) is 14.7 Å². The Morgan fingerprint density at radius 3 is 2.72 bits per heavy atom. The highest BCUT2D eigenvalue weighted by atomic mass is 79.9. The second-order valence-electron chi connectivity index (χ2n) is 11.2. The molecule has 10 heteroatoms. The molecule has 4 heterocycles. The van der Waals surface area contributed by atoms with Gasteiger partial charge in [-0.3, -0.25) is 4.79 Å². The fraction of sp³-hybridized carbons (Fsp3) is 0.552. The van der Waals surface area contributed by atoms with Crippen molar-refractivity contribution in [3.05, 3.63) is 46.0 Å². The number of carbonyl (C=O) groups is 2.